The van der Waals surface area contributed by atoms with E-state index in [-0.39, 0.29) is 12.5 Å². The maximum Gasteiger partial charge on any atom is 0.220 e. The summed E-state index contributed by atoms with van der Waals surface area (Å²) in [5, 5.41) is 54.0. The van der Waals surface area contributed by atoms with Gasteiger partial charge in [0.1, 0.15) is 24.4 Å². The van der Waals surface area contributed by atoms with Crippen molar-refractivity contribution in [1.29, 1.82) is 0 Å². The zero-order chi connectivity index (χ0) is 48.7. The second-order valence-corrected chi connectivity index (χ2v) is 18.6. The van der Waals surface area contributed by atoms with Crippen molar-refractivity contribution in [3.8, 4) is 0 Å². The molecule has 0 aliphatic carbocycles. The number of carbonyl (C=O) groups excluding carboxylic acids is 1. The summed E-state index contributed by atoms with van der Waals surface area (Å²) in [6, 6.07) is -0.717. The highest BCUT2D eigenvalue weighted by atomic mass is 16.7. The Kier molecular flexibility index (Phi) is 43.8. The number of ether oxygens (including phenoxy) is 2. The van der Waals surface area contributed by atoms with Crippen LogP contribution < -0.4 is 5.32 Å². The minimum absolute atomic E-state index is 0.142. The van der Waals surface area contributed by atoms with Crippen molar-refractivity contribution < 1.29 is 39.8 Å². The van der Waals surface area contributed by atoms with Crippen LogP contribution in [0.2, 0.25) is 0 Å². The fraction of sp³-hybridized carbons (Fsp3) is 0.741. The van der Waals surface area contributed by atoms with Gasteiger partial charge in [0.15, 0.2) is 6.29 Å². The average Bonchev–Trinajstić information content (AvgIpc) is 3.33. The lowest BCUT2D eigenvalue weighted by molar-refractivity contribution is -0.302. The minimum Gasteiger partial charge on any atom is -0.394 e. The van der Waals surface area contributed by atoms with Crippen LogP contribution in [0.5, 0.6) is 0 Å². The molecule has 1 fully saturated rings. The van der Waals surface area contributed by atoms with Gasteiger partial charge < -0.3 is 40.3 Å². The van der Waals surface area contributed by atoms with Gasteiger partial charge in [0.05, 0.1) is 25.4 Å². The van der Waals surface area contributed by atoms with E-state index in [2.05, 4.69) is 104 Å². The van der Waals surface area contributed by atoms with Gasteiger partial charge in [-0.2, -0.15) is 0 Å². The third-order valence-electron chi connectivity index (χ3n) is 12.5. The first kappa shape index (κ1) is 62.4. The molecule has 9 heteroatoms. The van der Waals surface area contributed by atoms with E-state index < -0.39 is 49.5 Å². The number of amides is 1. The molecule has 1 aliphatic rings. The molecule has 0 bridgehead atoms. The molecular weight excluding hydrogens is 839 g/mol. The molecular formula is C58H101NO8. The van der Waals surface area contributed by atoms with Crippen molar-refractivity contribution in [2.45, 2.75) is 262 Å². The molecule has 7 atom stereocenters. The normalized spacial score (nSPS) is 20.4. The SMILES string of the molecule is CC/C=C\C/C=C\C/C=C\C/C=C\C/C=C\C/C=C\C/C=C\CCCCCCCCCCCCCCCCCCCC(=O)NC(COC1OC(CO)C(O)C(O)C1O)C(O)CCCCCCC. The van der Waals surface area contributed by atoms with Crippen LogP contribution in [0.4, 0.5) is 0 Å². The Morgan fingerprint density at radius 2 is 0.925 bits per heavy atom. The highest BCUT2D eigenvalue weighted by Crippen LogP contribution is 2.23. The summed E-state index contributed by atoms with van der Waals surface area (Å²) in [5.41, 5.74) is 0. The van der Waals surface area contributed by atoms with Crippen LogP contribution in [0.3, 0.4) is 0 Å². The molecule has 0 radical (unpaired) electrons. The van der Waals surface area contributed by atoms with E-state index in [9.17, 15) is 30.3 Å². The number of carbonyl (C=O) groups is 1. The Bertz CT molecular complexity index is 1320. The van der Waals surface area contributed by atoms with Crippen LogP contribution in [0.15, 0.2) is 85.1 Å². The van der Waals surface area contributed by atoms with E-state index in [0.717, 1.165) is 96.3 Å². The van der Waals surface area contributed by atoms with Gasteiger partial charge in [-0.1, -0.05) is 227 Å². The Labute approximate surface area is 410 Å². The van der Waals surface area contributed by atoms with E-state index in [1.165, 1.54) is 96.3 Å². The largest absolute Gasteiger partial charge is 0.394 e. The molecule has 1 amide bonds. The van der Waals surface area contributed by atoms with Gasteiger partial charge in [-0.05, 0) is 70.6 Å². The molecule has 6 N–H and O–H groups in total. The van der Waals surface area contributed by atoms with Crippen LogP contribution in [-0.4, -0.2) is 87.5 Å². The Balaban J connectivity index is 1.99. The van der Waals surface area contributed by atoms with Crippen LogP contribution >= 0.6 is 0 Å². The van der Waals surface area contributed by atoms with E-state index in [0.29, 0.717) is 12.8 Å². The van der Waals surface area contributed by atoms with E-state index in [4.69, 9.17) is 9.47 Å². The number of aliphatic hydroxyl groups is 5. The zero-order valence-electron chi connectivity index (χ0n) is 42.6. The lowest BCUT2D eigenvalue weighted by atomic mass is 9.99. The number of unbranched alkanes of at least 4 members (excludes halogenated alkanes) is 21. The van der Waals surface area contributed by atoms with Crippen molar-refractivity contribution in [3.05, 3.63) is 85.1 Å². The number of hydrogen-bond acceptors (Lipinski definition) is 8. The van der Waals surface area contributed by atoms with Crippen molar-refractivity contribution >= 4 is 5.91 Å². The number of hydrogen-bond donors (Lipinski definition) is 6. The zero-order valence-corrected chi connectivity index (χ0v) is 42.6. The third-order valence-corrected chi connectivity index (χ3v) is 12.5. The molecule has 9 nitrogen and oxygen atoms in total. The van der Waals surface area contributed by atoms with Crippen LogP contribution in [0.1, 0.15) is 219 Å². The van der Waals surface area contributed by atoms with Gasteiger partial charge in [-0.25, -0.2) is 0 Å². The number of allylic oxidation sites excluding steroid dienone is 14. The summed E-state index contributed by atoms with van der Waals surface area (Å²) in [7, 11) is 0. The standard InChI is InChI=1S/C58H101NO8/c1-3-5-7-9-10-11-12-13-14-15-16-17-18-19-20-21-22-23-24-25-26-27-28-29-30-31-32-33-34-35-36-37-38-39-40-41-42-44-46-48-54(62)59-51(52(61)47-45-43-8-6-4-2)50-66-58-57(65)56(64)55(63)53(49-60)67-58/h5,7,10-11,13-14,16-17,19-20,22-23,25-26,51-53,55-58,60-61,63-65H,3-4,6,8-9,12,15,18,21,24,27-50H2,1-2H3,(H,59,62)/b7-5-,11-10-,14-13-,17-16-,20-19-,23-22-,26-25-. The summed E-state index contributed by atoms with van der Waals surface area (Å²) in [4.78, 5) is 12.9. The van der Waals surface area contributed by atoms with Gasteiger partial charge in [-0.3, -0.25) is 4.79 Å². The molecule has 0 spiro atoms. The lowest BCUT2D eigenvalue weighted by Crippen LogP contribution is -2.60. The van der Waals surface area contributed by atoms with Gasteiger partial charge in [0, 0.05) is 6.42 Å². The summed E-state index contributed by atoms with van der Waals surface area (Å²) in [6.45, 7) is 3.62. The quantitative estimate of drug-likeness (QED) is 0.0261. The number of aliphatic hydroxyl groups excluding tert-OH is 5. The Morgan fingerprint density at radius 3 is 1.37 bits per heavy atom. The molecule has 67 heavy (non-hydrogen) atoms. The summed E-state index contributed by atoms with van der Waals surface area (Å²) in [5.74, 6) is -0.153. The first-order valence-electron chi connectivity index (χ1n) is 27.3. The molecule has 0 saturated carbocycles. The third kappa shape index (κ3) is 36.9. The second kappa shape index (κ2) is 47.1. The molecule has 1 heterocycles. The highest BCUT2D eigenvalue weighted by molar-refractivity contribution is 5.76. The van der Waals surface area contributed by atoms with Crippen LogP contribution in [0, 0.1) is 0 Å². The fourth-order valence-corrected chi connectivity index (χ4v) is 8.20. The van der Waals surface area contributed by atoms with Crippen LogP contribution in [0.25, 0.3) is 0 Å². The maximum absolute atomic E-state index is 12.9. The van der Waals surface area contributed by atoms with Crippen molar-refractivity contribution in [3.63, 3.8) is 0 Å². The first-order valence-corrected chi connectivity index (χ1v) is 27.3. The van der Waals surface area contributed by atoms with E-state index >= 15 is 0 Å². The highest BCUT2D eigenvalue weighted by Gasteiger charge is 2.44. The van der Waals surface area contributed by atoms with Crippen molar-refractivity contribution in [1.82, 2.24) is 5.32 Å². The van der Waals surface area contributed by atoms with Crippen molar-refractivity contribution in [2.75, 3.05) is 13.2 Å². The topological polar surface area (TPSA) is 149 Å². The fourth-order valence-electron chi connectivity index (χ4n) is 8.20. The first-order chi connectivity index (χ1) is 32.8. The second-order valence-electron chi connectivity index (χ2n) is 18.6. The van der Waals surface area contributed by atoms with E-state index in [1.807, 2.05) is 0 Å². The maximum atomic E-state index is 12.9. The monoisotopic (exact) mass is 940 g/mol. The van der Waals surface area contributed by atoms with Gasteiger partial charge in [-0.15, -0.1) is 0 Å². The van der Waals surface area contributed by atoms with E-state index in [1.54, 1.807) is 0 Å². The predicted molar refractivity (Wildman–Crippen MR) is 281 cm³/mol. The molecule has 1 saturated heterocycles. The summed E-state index contributed by atoms with van der Waals surface area (Å²) in [6.07, 6.45) is 59.7. The molecule has 1 rings (SSSR count). The summed E-state index contributed by atoms with van der Waals surface area (Å²) < 4.78 is 11.2. The van der Waals surface area contributed by atoms with Gasteiger partial charge in [0.2, 0.25) is 5.91 Å². The number of nitrogens with one attached hydrogen (secondary N) is 1. The van der Waals surface area contributed by atoms with Gasteiger partial charge >= 0.3 is 0 Å². The lowest BCUT2D eigenvalue weighted by Gasteiger charge is -2.40. The molecule has 7 unspecified atom stereocenters. The predicted octanol–water partition coefficient (Wildman–Crippen LogP) is 13.1. The van der Waals surface area contributed by atoms with Crippen molar-refractivity contribution in [2.24, 2.45) is 0 Å². The minimum atomic E-state index is -1.55. The molecule has 0 aromatic heterocycles. The molecule has 0 aromatic rings. The number of rotatable bonds is 45. The average molecular weight is 940 g/mol. The summed E-state index contributed by atoms with van der Waals surface area (Å²) >= 11 is 0. The Morgan fingerprint density at radius 1 is 0.522 bits per heavy atom. The van der Waals surface area contributed by atoms with Crippen LogP contribution in [-0.2, 0) is 14.3 Å². The smallest absolute Gasteiger partial charge is 0.220 e. The van der Waals surface area contributed by atoms with Gasteiger partial charge in [0.25, 0.3) is 0 Å². The molecule has 1 aliphatic heterocycles. The Hall–Kier alpha value is -2.63. The molecule has 386 valence electrons. The molecule has 0 aromatic carbocycles.